The summed E-state index contributed by atoms with van der Waals surface area (Å²) >= 11 is 0. The summed E-state index contributed by atoms with van der Waals surface area (Å²) < 4.78 is 0. The molecule has 1 N–H and O–H groups in total. The Hall–Kier alpha value is -0.570. The summed E-state index contributed by atoms with van der Waals surface area (Å²) in [5.74, 6) is 0.419. The maximum absolute atomic E-state index is 11.6. The fourth-order valence-corrected chi connectivity index (χ4v) is 2.45. The number of unbranched alkanes of at least 4 members (excludes halogenated alkanes) is 6. The van der Waals surface area contributed by atoms with Gasteiger partial charge in [-0.3, -0.25) is 4.79 Å². The van der Waals surface area contributed by atoms with Gasteiger partial charge in [-0.15, -0.1) is 0 Å². The molecule has 1 heterocycles. The highest BCUT2D eigenvalue weighted by Crippen LogP contribution is 2.18. The third-order valence-corrected chi connectivity index (χ3v) is 3.58. The number of amides is 1. The number of hydrogen-bond donors (Lipinski definition) is 1. The van der Waals surface area contributed by atoms with Gasteiger partial charge in [-0.25, -0.2) is 0 Å². The molecule has 3 heteroatoms. The summed E-state index contributed by atoms with van der Waals surface area (Å²) in [6.07, 6.45) is 9.53. The molecule has 1 atom stereocenters. The number of aliphatic hydroxyl groups is 1. The van der Waals surface area contributed by atoms with Crippen LogP contribution in [0.15, 0.2) is 0 Å². The van der Waals surface area contributed by atoms with Crippen LogP contribution in [-0.4, -0.2) is 35.6 Å². The number of nitrogens with zero attached hydrogens (tertiary/aromatic N) is 1. The van der Waals surface area contributed by atoms with Crippen molar-refractivity contribution >= 4 is 5.91 Å². The van der Waals surface area contributed by atoms with Crippen molar-refractivity contribution in [1.29, 1.82) is 0 Å². The van der Waals surface area contributed by atoms with Crippen LogP contribution in [0.25, 0.3) is 0 Å². The lowest BCUT2D eigenvalue weighted by Crippen LogP contribution is -2.26. The van der Waals surface area contributed by atoms with Gasteiger partial charge in [0, 0.05) is 32.0 Å². The van der Waals surface area contributed by atoms with Crippen molar-refractivity contribution < 1.29 is 9.90 Å². The minimum atomic E-state index is 0.152. The molecular weight excluding hydrogens is 214 g/mol. The predicted octanol–water partition coefficient (Wildman–Crippen LogP) is 2.58. The van der Waals surface area contributed by atoms with Gasteiger partial charge in [0.05, 0.1) is 0 Å². The van der Waals surface area contributed by atoms with Crippen molar-refractivity contribution in [2.75, 3.05) is 19.7 Å². The monoisotopic (exact) mass is 241 g/mol. The van der Waals surface area contributed by atoms with E-state index in [1.807, 2.05) is 4.90 Å². The average Bonchev–Trinajstić information content (AvgIpc) is 2.69. The maximum atomic E-state index is 11.6. The van der Waals surface area contributed by atoms with Crippen LogP contribution in [0.4, 0.5) is 0 Å². The number of carbonyl (C=O) groups excluding carboxylic acids is 1. The molecular formula is C14H27NO2. The zero-order valence-electron chi connectivity index (χ0n) is 11.2. The van der Waals surface area contributed by atoms with Crippen LogP contribution in [0.3, 0.4) is 0 Å². The van der Waals surface area contributed by atoms with Crippen molar-refractivity contribution in [3.8, 4) is 0 Å². The Morgan fingerprint density at radius 3 is 2.41 bits per heavy atom. The van der Waals surface area contributed by atoms with Crippen LogP contribution >= 0.6 is 0 Å². The van der Waals surface area contributed by atoms with Gasteiger partial charge in [-0.1, -0.05) is 45.4 Å². The molecule has 0 aromatic heterocycles. The third-order valence-electron chi connectivity index (χ3n) is 3.58. The van der Waals surface area contributed by atoms with Gasteiger partial charge in [0.2, 0.25) is 5.91 Å². The van der Waals surface area contributed by atoms with E-state index in [0.29, 0.717) is 6.42 Å². The van der Waals surface area contributed by atoms with E-state index in [2.05, 4.69) is 6.92 Å². The largest absolute Gasteiger partial charge is 0.396 e. The summed E-state index contributed by atoms with van der Waals surface area (Å²) in [4.78, 5) is 13.5. The highest BCUT2D eigenvalue weighted by atomic mass is 16.3. The van der Waals surface area contributed by atoms with E-state index in [1.165, 1.54) is 38.5 Å². The van der Waals surface area contributed by atoms with E-state index in [4.69, 9.17) is 5.11 Å². The van der Waals surface area contributed by atoms with E-state index in [1.54, 1.807) is 0 Å². The van der Waals surface area contributed by atoms with Crippen LogP contribution in [0.2, 0.25) is 0 Å². The third kappa shape index (κ3) is 5.53. The Morgan fingerprint density at radius 2 is 1.82 bits per heavy atom. The number of hydrogen-bond acceptors (Lipinski definition) is 2. The van der Waals surface area contributed by atoms with Gasteiger partial charge in [0.25, 0.3) is 0 Å². The predicted molar refractivity (Wildman–Crippen MR) is 69.8 cm³/mol. The van der Waals surface area contributed by atoms with Crippen LogP contribution < -0.4 is 0 Å². The smallest absolute Gasteiger partial charge is 0.223 e. The molecule has 1 fully saturated rings. The molecule has 100 valence electrons. The SMILES string of the molecule is CCCCCCCCCN1CC(CO)CC1=O. The Bertz CT molecular complexity index is 218. The van der Waals surface area contributed by atoms with Crippen LogP contribution in [0.5, 0.6) is 0 Å². The van der Waals surface area contributed by atoms with Crippen molar-refractivity contribution in [1.82, 2.24) is 4.90 Å². The van der Waals surface area contributed by atoms with E-state index in [-0.39, 0.29) is 18.4 Å². The Balaban J connectivity index is 1.98. The molecule has 1 aliphatic rings. The highest BCUT2D eigenvalue weighted by Gasteiger charge is 2.28. The molecule has 1 saturated heterocycles. The Kier molecular flexibility index (Phi) is 7.25. The van der Waals surface area contributed by atoms with Gasteiger partial charge in [-0.2, -0.15) is 0 Å². The number of carbonyl (C=O) groups is 1. The lowest BCUT2D eigenvalue weighted by atomic mass is 10.1. The second kappa shape index (κ2) is 8.51. The van der Waals surface area contributed by atoms with Gasteiger partial charge in [0.15, 0.2) is 0 Å². The van der Waals surface area contributed by atoms with Gasteiger partial charge in [0.1, 0.15) is 0 Å². The summed E-state index contributed by atoms with van der Waals surface area (Å²) in [6.45, 7) is 4.05. The molecule has 1 aliphatic heterocycles. The first-order chi connectivity index (χ1) is 8.27. The molecule has 3 nitrogen and oxygen atoms in total. The lowest BCUT2D eigenvalue weighted by Gasteiger charge is -2.15. The molecule has 0 bridgehead atoms. The summed E-state index contributed by atoms with van der Waals surface area (Å²) in [7, 11) is 0. The van der Waals surface area contributed by atoms with E-state index >= 15 is 0 Å². The first-order valence-corrected chi connectivity index (χ1v) is 7.16. The number of rotatable bonds is 9. The number of aliphatic hydroxyl groups excluding tert-OH is 1. The Labute approximate surface area is 105 Å². The van der Waals surface area contributed by atoms with E-state index in [0.717, 1.165) is 19.5 Å². The molecule has 1 rings (SSSR count). The van der Waals surface area contributed by atoms with Crippen molar-refractivity contribution in [2.45, 2.75) is 58.3 Å². The minimum absolute atomic E-state index is 0.152. The molecule has 0 radical (unpaired) electrons. The zero-order valence-corrected chi connectivity index (χ0v) is 11.2. The summed E-state index contributed by atoms with van der Waals surface area (Å²) in [5.41, 5.74) is 0. The molecule has 0 saturated carbocycles. The molecule has 0 spiro atoms. The molecule has 1 unspecified atom stereocenters. The second-order valence-corrected chi connectivity index (χ2v) is 5.21. The highest BCUT2D eigenvalue weighted by molar-refractivity contribution is 5.78. The van der Waals surface area contributed by atoms with Crippen LogP contribution in [0.1, 0.15) is 58.3 Å². The van der Waals surface area contributed by atoms with Crippen LogP contribution in [-0.2, 0) is 4.79 Å². The van der Waals surface area contributed by atoms with Gasteiger partial charge < -0.3 is 10.0 Å². The van der Waals surface area contributed by atoms with Crippen LogP contribution in [0, 0.1) is 5.92 Å². The molecule has 1 amide bonds. The first-order valence-electron chi connectivity index (χ1n) is 7.16. The van der Waals surface area contributed by atoms with Crippen molar-refractivity contribution in [3.05, 3.63) is 0 Å². The Morgan fingerprint density at radius 1 is 1.18 bits per heavy atom. The fraction of sp³-hybridized carbons (Fsp3) is 0.929. The van der Waals surface area contributed by atoms with E-state index < -0.39 is 0 Å². The first kappa shape index (κ1) is 14.5. The quantitative estimate of drug-likeness (QED) is 0.630. The normalized spacial score (nSPS) is 20.2. The second-order valence-electron chi connectivity index (χ2n) is 5.21. The molecule has 0 aromatic rings. The topological polar surface area (TPSA) is 40.5 Å². The van der Waals surface area contributed by atoms with Crippen molar-refractivity contribution in [3.63, 3.8) is 0 Å². The standard InChI is InChI=1S/C14H27NO2/c1-2-3-4-5-6-7-8-9-15-11-13(12-16)10-14(15)17/h13,16H,2-12H2,1H3. The van der Waals surface area contributed by atoms with Crippen molar-refractivity contribution in [2.24, 2.45) is 5.92 Å². The fourth-order valence-electron chi connectivity index (χ4n) is 2.45. The minimum Gasteiger partial charge on any atom is -0.396 e. The van der Waals surface area contributed by atoms with Gasteiger partial charge >= 0.3 is 0 Å². The summed E-state index contributed by atoms with van der Waals surface area (Å²) in [6, 6.07) is 0. The maximum Gasteiger partial charge on any atom is 0.223 e. The number of likely N-dealkylation sites (tertiary alicyclic amines) is 1. The van der Waals surface area contributed by atoms with E-state index in [9.17, 15) is 4.79 Å². The molecule has 0 aliphatic carbocycles. The lowest BCUT2D eigenvalue weighted by molar-refractivity contribution is -0.127. The summed E-state index contributed by atoms with van der Waals surface area (Å²) in [5, 5.41) is 9.01. The molecule has 0 aromatic carbocycles. The average molecular weight is 241 g/mol. The molecule has 17 heavy (non-hydrogen) atoms. The van der Waals surface area contributed by atoms with Gasteiger partial charge in [-0.05, 0) is 6.42 Å². The zero-order chi connectivity index (χ0) is 12.5.